The van der Waals surface area contributed by atoms with E-state index in [9.17, 15) is 18.5 Å². The highest BCUT2D eigenvalue weighted by Crippen LogP contribution is 2.32. The lowest BCUT2D eigenvalue weighted by molar-refractivity contribution is 0.103. The summed E-state index contributed by atoms with van der Waals surface area (Å²) in [6.07, 6.45) is 0. The SMILES string of the molecule is Cc1nc(-c2ccc(OCC(C)C)c(C#N)c2)sc1C(=O)Nc1ccc(S(N)(=O)=O)cc1. The maximum atomic E-state index is 12.7. The van der Waals surface area contributed by atoms with Crippen LogP contribution in [0.4, 0.5) is 5.69 Å². The summed E-state index contributed by atoms with van der Waals surface area (Å²) in [4.78, 5) is 17.6. The number of rotatable bonds is 7. The molecule has 166 valence electrons. The number of nitrogens with two attached hydrogens (primary N) is 1. The van der Waals surface area contributed by atoms with Crippen molar-refractivity contribution >= 4 is 33.0 Å². The molecule has 0 unspecified atom stereocenters. The molecule has 1 heterocycles. The minimum Gasteiger partial charge on any atom is -0.492 e. The number of nitriles is 1. The summed E-state index contributed by atoms with van der Waals surface area (Å²) in [6, 6.07) is 13.0. The Bertz CT molecular complexity index is 1290. The normalized spacial score (nSPS) is 11.2. The Morgan fingerprint density at radius 1 is 1.25 bits per heavy atom. The van der Waals surface area contributed by atoms with Gasteiger partial charge < -0.3 is 10.1 Å². The molecule has 0 saturated carbocycles. The van der Waals surface area contributed by atoms with Crippen LogP contribution in [0.5, 0.6) is 5.75 Å². The molecule has 0 aliphatic rings. The number of amides is 1. The van der Waals surface area contributed by atoms with E-state index in [0.717, 1.165) is 0 Å². The minimum absolute atomic E-state index is 0.0409. The molecule has 32 heavy (non-hydrogen) atoms. The molecule has 0 bridgehead atoms. The van der Waals surface area contributed by atoms with Crippen molar-refractivity contribution in [1.29, 1.82) is 5.26 Å². The average molecular weight is 471 g/mol. The van der Waals surface area contributed by atoms with E-state index in [4.69, 9.17) is 9.88 Å². The van der Waals surface area contributed by atoms with E-state index in [2.05, 4.69) is 16.4 Å². The van der Waals surface area contributed by atoms with Crippen molar-refractivity contribution < 1.29 is 17.9 Å². The average Bonchev–Trinajstić information content (AvgIpc) is 3.13. The minimum atomic E-state index is -3.80. The van der Waals surface area contributed by atoms with Gasteiger partial charge in [-0.25, -0.2) is 18.5 Å². The number of thiazole rings is 1. The first-order valence-corrected chi connectivity index (χ1v) is 12.0. The van der Waals surface area contributed by atoms with E-state index in [1.807, 2.05) is 19.9 Å². The van der Waals surface area contributed by atoms with Gasteiger partial charge in [0.1, 0.15) is 21.7 Å². The van der Waals surface area contributed by atoms with Crippen molar-refractivity contribution in [3.8, 4) is 22.4 Å². The Balaban J connectivity index is 1.81. The largest absolute Gasteiger partial charge is 0.492 e. The first-order valence-electron chi connectivity index (χ1n) is 9.67. The predicted molar refractivity (Wildman–Crippen MR) is 123 cm³/mol. The van der Waals surface area contributed by atoms with Crippen LogP contribution < -0.4 is 15.2 Å². The molecular weight excluding hydrogens is 448 g/mol. The highest BCUT2D eigenvalue weighted by atomic mass is 32.2. The standard InChI is InChI=1S/C22H22N4O4S2/c1-13(2)12-30-19-9-4-15(10-16(19)11-23)22-25-14(3)20(31-22)21(27)26-17-5-7-18(8-6-17)32(24,28)29/h4-10,13H,12H2,1-3H3,(H,26,27)(H2,24,28,29). The third kappa shape index (κ3) is 5.50. The van der Waals surface area contributed by atoms with Crippen LogP contribution in [-0.4, -0.2) is 25.9 Å². The molecule has 3 N–H and O–H groups in total. The van der Waals surface area contributed by atoms with Gasteiger partial charge in [-0.3, -0.25) is 4.79 Å². The number of anilines is 1. The third-order valence-electron chi connectivity index (χ3n) is 4.36. The Labute approximate surface area is 190 Å². The monoisotopic (exact) mass is 470 g/mol. The van der Waals surface area contributed by atoms with Gasteiger partial charge in [-0.05, 0) is 55.3 Å². The number of nitrogens with one attached hydrogen (secondary N) is 1. The molecule has 0 radical (unpaired) electrons. The van der Waals surface area contributed by atoms with Gasteiger partial charge in [-0.1, -0.05) is 13.8 Å². The Kier molecular flexibility index (Phi) is 6.93. The number of aromatic nitrogens is 1. The molecule has 8 nitrogen and oxygen atoms in total. The van der Waals surface area contributed by atoms with E-state index in [1.54, 1.807) is 19.1 Å². The Morgan fingerprint density at radius 3 is 2.53 bits per heavy atom. The van der Waals surface area contributed by atoms with E-state index in [-0.39, 0.29) is 10.8 Å². The van der Waals surface area contributed by atoms with Crippen LogP contribution in [0.1, 0.15) is 34.8 Å². The zero-order chi connectivity index (χ0) is 23.5. The van der Waals surface area contributed by atoms with Crippen LogP contribution in [0.15, 0.2) is 47.4 Å². The molecule has 10 heteroatoms. The van der Waals surface area contributed by atoms with Crippen LogP contribution in [0, 0.1) is 24.2 Å². The van der Waals surface area contributed by atoms with Gasteiger partial charge in [0.2, 0.25) is 10.0 Å². The second-order valence-electron chi connectivity index (χ2n) is 7.48. The van der Waals surface area contributed by atoms with Crippen molar-refractivity contribution in [1.82, 2.24) is 4.98 Å². The maximum Gasteiger partial charge on any atom is 0.267 e. The number of aryl methyl sites for hydroxylation is 1. The van der Waals surface area contributed by atoms with Crippen molar-refractivity contribution in [3.63, 3.8) is 0 Å². The number of nitrogens with zero attached hydrogens (tertiary/aromatic N) is 2. The van der Waals surface area contributed by atoms with Gasteiger partial charge in [0.05, 0.1) is 22.8 Å². The highest BCUT2D eigenvalue weighted by Gasteiger charge is 2.18. The Hall–Kier alpha value is -3.26. The summed E-state index contributed by atoms with van der Waals surface area (Å²) < 4.78 is 28.4. The predicted octanol–water partition coefficient (Wildman–Crippen LogP) is 3.92. The number of hydrogen-bond acceptors (Lipinski definition) is 7. The molecule has 0 saturated heterocycles. The molecular formula is C22H22N4O4S2. The number of hydrogen-bond donors (Lipinski definition) is 2. The van der Waals surface area contributed by atoms with Gasteiger partial charge >= 0.3 is 0 Å². The van der Waals surface area contributed by atoms with Crippen LogP contribution >= 0.6 is 11.3 Å². The summed E-state index contributed by atoms with van der Waals surface area (Å²) in [7, 11) is -3.80. The molecule has 0 fully saturated rings. The molecule has 3 rings (SSSR count). The van der Waals surface area contributed by atoms with Gasteiger partial charge in [-0.15, -0.1) is 11.3 Å². The molecule has 0 aliphatic carbocycles. The fourth-order valence-corrected chi connectivity index (χ4v) is 4.25. The molecule has 3 aromatic rings. The van der Waals surface area contributed by atoms with E-state index in [0.29, 0.717) is 50.7 Å². The number of carbonyl (C=O) groups is 1. The van der Waals surface area contributed by atoms with E-state index < -0.39 is 10.0 Å². The molecule has 0 aliphatic heterocycles. The van der Waals surface area contributed by atoms with Gasteiger partial charge in [-0.2, -0.15) is 5.26 Å². The number of ether oxygens (including phenoxy) is 1. The lowest BCUT2D eigenvalue weighted by atomic mass is 10.1. The fraction of sp³-hybridized carbons (Fsp3) is 0.227. The summed E-state index contributed by atoms with van der Waals surface area (Å²) in [6.45, 7) is 6.29. The second-order valence-corrected chi connectivity index (χ2v) is 10.0. The van der Waals surface area contributed by atoms with Crippen LogP contribution in [0.25, 0.3) is 10.6 Å². The van der Waals surface area contributed by atoms with Gasteiger partial charge in [0.25, 0.3) is 5.91 Å². The van der Waals surface area contributed by atoms with Crippen LogP contribution in [-0.2, 0) is 10.0 Å². The quantitative estimate of drug-likeness (QED) is 0.537. The number of benzene rings is 2. The van der Waals surface area contributed by atoms with E-state index >= 15 is 0 Å². The summed E-state index contributed by atoms with van der Waals surface area (Å²) in [5.74, 6) is 0.478. The first kappa shape index (κ1) is 23.4. The maximum absolute atomic E-state index is 12.7. The van der Waals surface area contributed by atoms with Crippen molar-refractivity contribution in [2.45, 2.75) is 25.7 Å². The van der Waals surface area contributed by atoms with Gasteiger partial charge in [0, 0.05) is 11.3 Å². The lowest BCUT2D eigenvalue weighted by Crippen LogP contribution is -2.13. The zero-order valence-corrected chi connectivity index (χ0v) is 19.4. The van der Waals surface area contributed by atoms with Crippen molar-refractivity contribution in [3.05, 3.63) is 58.6 Å². The first-order chi connectivity index (χ1) is 15.1. The third-order valence-corrected chi connectivity index (χ3v) is 6.50. The van der Waals surface area contributed by atoms with Crippen molar-refractivity contribution in [2.24, 2.45) is 11.1 Å². The zero-order valence-electron chi connectivity index (χ0n) is 17.7. The summed E-state index contributed by atoms with van der Waals surface area (Å²) >= 11 is 1.20. The highest BCUT2D eigenvalue weighted by molar-refractivity contribution is 7.89. The lowest BCUT2D eigenvalue weighted by Gasteiger charge is -2.10. The summed E-state index contributed by atoms with van der Waals surface area (Å²) in [5.41, 5.74) is 2.08. The molecule has 2 aromatic carbocycles. The number of primary sulfonamides is 1. The van der Waals surface area contributed by atoms with Crippen LogP contribution in [0.3, 0.4) is 0 Å². The van der Waals surface area contributed by atoms with Crippen molar-refractivity contribution in [2.75, 3.05) is 11.9 Å². The van der Waals surface area contributed by atoms with Crippen LogP contribution in [0.2, 0.25) is 0 Å². The fourth-order valence-electron chi connectivity index (χ4n) is 2.78. The molecule has 1 aromatic heterocycles. The molecule has 0 spiro atoms. The molecule has 0 atom stereocenters. The van der Waals surface area contributed by atoms with Gasteiger partial charge in [0.15, 0.2) is 0 Å². The Morgan fingerprint density at radius 2 is 1.94 bits per heavy atom. The van der Waals surface area contributed by atoms with E-state index in [1.165, 1.54) is 35.6 Å². The smallest absolute Gasteiger partial charge is 0.267 e. The topological polar surface area (TPSA) is 135 Å². The number of sulfonamides is 1. The second kappa shape index (κ2) is 9.48. The summed E-state index contributed by atoms with van der Waals surface area (Å²) in [5, 5.41) is 17.9. The molecule has 1 amide bonds. The number of carbonyl (C=O) groups excluding carboxylic acids is 1.